The highest BCUT2D eigenvalue weighted by Crippen LogP contribution is 2.11. The molecular formula is C16H32O8. The van der Waals surface area contributed by atoms with E-state index in [9.17, 15) is 10.2 Å². The summed E-state index contributed by atoms with van der Waals surface area (Å²) in [7, 11) is 0. The van der Waals surface area contributed by atoms with Crippen molar-refractivity contribution in [3.8, 4) is 0 Å². The first-order chi connectivity index (χ1) is 11.5. The number of rotatable bonds is 2. The third-order valence-electron chi connectivity index (χ3n) is 3.58. The van der Waals surface area contributed by atoms with E-state index < -0.39 is 11.2 Å². The van der Waals surface area contributed by atoms with Crippen LogP contribution in [0.3, 0.4) is 0 Å². The van der Waals surface area contributed by atoms with Crippen molar-refractivity contribution in [3.05, 3.63) is 0 Å². The van der Waals surface area contributed by atoms with Gasteiger partial charge >= 0.3 is 0 Å². The SMILES string of the molecule is C[C@]1(CO)COCCOCCOC[C@](C)(CO)OCCOCCO1. The van der Waals surface area contributed by atoms with E-state index in [0.29, 0.717) is 52.9 Å². The first-order valence-electron chi connectivity index (χ1n) is 8.34. The first kappa shape index (κ1) is 21.7. The van der Waals surface area contributed by atoms with Gasteiger partial charge in [0.05, 0.1) is 79.3 Å². The first-order valence-corrected chi connectivity index (χ1v) is 8.34. The van der Waals surface area contributed by atoms with Crippen LogP contribution in [0.2, 0.25) is 0 Å². The van der Waals surface area contributed by atoms with Gasteiger partial charge < -0.3 is 38.6 Å². The predicted molar refractivity (Wildman–Crippen MR) is 86.2 cm³/mol. The Morgan fingerprint density at radius 3 is 1.29 bits per heavy atom. The van der Waals surface area contributed by atoms with E-state index >= 15 is 0 Å². The molecule has 2 atom stereocenters. The van der Waals surface area contributed by atoms with E-state index in [2.05, 4.69) is 0 Å². The molecule has 0 saturated carbocycles. The lowest BCUT2D eigenvalue weighted by molar-refractivity contribution is -0.143. The van der Waals surface area contributed by atoms with Crippen LogP contribution in [-0.2, 0) is 28.4 Å². The van der Waals surface area contributed by atoms with Gasteiger partial charge in [-0.2, -0.15) is 0 Å². The molecule has 0 aromatic heterocycles. The van der Waals surface area contributed by atoms with E-state index in [4.69, 9.17) is 28.4 Å². The molecule has 1 saturated heterocycles. The summed E-state index contributed by atoms with van der Waals surface area (Å²) in [6, 6.07) is 0. The molecule has 0 aliphatic carbocycles. The molecule has 2 N–H and O–H groups in total. The molecule has 1 fully saturated rings. The Morgan fingerprint density at radius 2 is 0.917 bits per heavy atom. The fourth-order valence-electron chi connectivity index (χ4n) is 1.98. The summed E-state index contributed by atoms with van der Waals surface area (Å²) >= 11 is 0. The molecule has 24 heavy (non-hydrogen) atoms. The number of ether oxygens (including phenoxy) is 6. The van der Waals surface area contributed by atoms with Crippen LogP contribution in [0.4, 0.5) is 0 Å². The highest BCUT2D eigenvalue weighted by molar-refractivity contribution is 4.74. The minimum absolute atomic E-state index is 0.139. The van der Waals surface area contributed by atoms with E-state index in [1.807, 2.05) is 0 Å². The van der Waals surface area contributed by atoms with Crippen LogP contribution in [0, 0.1) is 0 Å². The zero-order valence-corrected chi connectivity index (χ0v) is 14.8. The molecule has 0 bridgehead atoms. The summed E-state index contributed by atoms with van der Waals surface area (Å²) < 4.78 is 33.1. The van der Waals surface area contributed by atoms with Crippen LogP contribution < -0.4 is 0 Å². The third-order valence-corrected chi connectivity index (χ3v) is 3.58. The summed E-state index contributed by atoms with van der Waals surface area (Å²) in [5.41, 5.74) is -1.52. The highest BCUT2D eigenvalue weighted by atomic mass is 16.6. The van der Waals surface area contributed by atoms with Crippen LogP contribution in [0.1, 0.15) is 13.8 Å². The number of hydrogen-bond acceptors (Lipinski definition) is 8. The van der Waals surface area contributed by atoms with Gasteiger partial charge in [0.1, 0.15) is 11.2 Å². The lowest BCUT2D eigenvalue weighted by atomic mass is 10.1. The summed E-state index contributed by atoms with van der Waals surface area (Å²) in [5, 5.41) is 18.9. The smallest absolute Gasteiger partial charge is 0.112 e. The largest absolute Gasteiger partial charge is 0.393 e. The Hall–Kier alpha value is -0.320. The van der Waals surface area contributed by atoms with Gasteiger partial charge in [0.15, 0.2) is 0 Å². The van der Waals surface area contributed by atoms with Gasteiger partial charge in [-0.3, -0.25) is 0 Å². The fourth-order valence-corrected chi connectivity index (χ4v) is 1.98. The maximum Gasteiger partial charge on any atom is 0.112 e. The van der Waals surface area contributed by atoms with E-state index in [1.165, 1.54) is 0 Å². The molecule has 0 radical (unpaired) electrons. The summed E-state index contributed by atoms with van der Waals surface area (Å²) in [5.74, 6) is 0. The van der Waals surface area contributed by atoms with Crippen molar-refractivity contribution in [3.63, 3.8) is 0 Å². The molecule has 1 rings (SSSR count). The van der Waals surface area contributed by atoms with E-state index in [0.717, 1.165) is 0 Å². The van der Waals surface area contributed by atoms with Crippen molar-refractivity contribution in [2.24, 2.45) is 0 Å². The number of hydrogen-bond donors (Lipinski definition) is 2. The van der Waals surface area contributed by atoms with Gasteiger partial charge in [0, 0.05) is 0 Å². The van der Waals surface area contributed by atoms with Gasteiger partial charge in [-0.1, -0.05) is 0 Å². The van der Waals surface area contributed by atoms with Crippen molar-refractivity contribution < 1.29 is 38.6 Å². The van der Waals surface area contributed by atoms with Crippen LogP contribution in [0.25, 0.3) is 0 Å². The maximum absolute atomic E-state index is 9.45. The Balaban J connectivity index is 2.42. The van der Waals surface area contributed by atoms with Gasteiger partial charge in [-0.15, -0.1) is 0 Å². The Bertz CT molecular complexity index is 288. The summed E-state index contributed by atoms with van der Waals surface area (Å²) in [6.07, 6.45) is 0. The molecule has 8 heteroatoms. The van der Waals surface area contributed by atoms with E-state index in [-0.39, 0.29) is 26.4 Å². The molecule has 144 valence electrons. The Labute approximate surface area is 143 Å². The molecule has 8 nitrogen and oxygen atoms in total. The molecule has 1 aliphatic rings. The maximum atomic E-state index is 9.45. The van der Waals surface area contributed by atoms with Crippen molar-refractivity contribution >= 4 is 0 Å². The molecule has 0 amide bonds. The Morgan fingerprint density at radius 1 is 0.583 bits per heavy atom. The van der Waals surface area contributed by atoms with Crippen molar-refractivity contribution in [1.29, 1.82) is 0 Å². The van der Waals surface area contributed by atoms with Crippen molar-refractivity contribution in [2.75, 3.05) is 79.3 Å². The van der Waals surface area contributed by atoms with Gasteiger partial charge in [-0.25, -0.2) is 0 Å². The molecule has 1 aliphatic heterocycles. The minimum atomic E-state index is -0.760. The third kappa shape index (κ3) is 9.24. The monoisotopic (exact) mass is 352 g/mol. The summed E-state index contributed by atoms with van der Waals surface area (Å²) in [4.78, 5) is 0. The predicted octanol–water partition coefficient (Wildman–Crippen LogP) is -0.398. The van der Waals surface area contributed by atoms with Crippen LogP contribution in [0.15, 0.2) is 0 Å². The quantitative estimate of drug-likeness (QED) is 0.693. The number of aliphatic hydroxyl groups excluding tert-OH is 2. The second-order valence-corrected chi connectivity index (χ2v) is 6.24. The minimum Gasteiger partial charge on any atom is -0.393 e. The molecule has 0 spiro atoms. The zero-order valence-electron chi connectivity index (χ0n) is 14.8. The van der Waals surface area contributed by atoms with Crippen LogP contribution >= 0.6 is 0 Å². The molecule has 0 aromatic carbocycles. The molecule has 1 heterocycles. The lowest BCUT2D eigenvalue weighted by Gasteiger charge is -2.28. The molecule has 0 aromatic rings. The van der Waals surface area contributed by atoms with E-state index in [1.54, 1.807) is 13.8 Å². The highest BCUT2D eigenvalue weighted by Gasteiger charge is 2.25. The zero-order chi connectivity index (χ0) is 17.7. The molecular weight excluding hydrogens is 320 g/mol. The topological polar surface area (TPSA) is 95.8 Å². The fraction of sp³-hybridized carbons (Fsp3) is 1.00. The average molecular weight is 352 g/mol. The van der Waals surface area contributed by atoms with Gasteiger partial charge in [0.2, 0.25) is 0 Å². The standard InChI is InChI=1S/C16H32O8/c1-15(11-17)13-21-5-3-19-4-6-22-14-16(2,12-18)24-10-8-20-7-9-23-15/h17-18H,3-14H2,1-2H3/t15-,16-/m0/s1. The van der Waals surface area contributed by atoms with Gasteiger partial charge in [0.25, 0.3) is 0 Å². The van der Waals surface area contributed by atoms with Crippen LogP contribution in [0.5, 0.6) is 0 Å². The Kier molecular flexibility index (Phi) is 11.0. The summed E-state index contributed by atoms with van der Waals surface area (Å²) in [6.45, 7) is 6.99. The normalized spacial score (nSPS) is 33.5. The van der Waals surface area contributed by atoms with Crippen molar-refractivity contribution in [1.82, 2.24) is 0 Å². The number of aliphatic hydroxyl groups is 2. The second kappa shape index (κ2) is 12.1. The average Bonchev–Trinajstić information content (AvgIpc) is 2.59. The van der Waals surface area contributed by atoms with Crippen LogP contribution in [-0.4, -0.2) is 101 Å². The van der Waals surface area contributed by atoms with Crippen molar-refractivity contribution in [2.45, 2.75) is 25.0 Å². The lowest BCUT2D eigenvalue weighted by Crippen LogP contribution is -2.40. The second-order valence-electron chi connectivity index (χ2n) is 6.24. The molecule has 0 unspecified atom stereocenters. The van der Waals surface area contributed by atoms with Gasteiger partial charge in [-0.05, 0) is 13.8 Å².